The number of fused-ring (bicyclic) bond motifs is 1. The molecule has 0 saturated carbocycles. The first-order valence-corrected chi connectivity index (χ1v) is 11.1. The fraction of sp³-hybridized carbons (Fsp3) is 0.259. The van der Waals surface area contributed by atoms with Gasteiger partial charge in [-0.25, -0.2) is 4.79 Å². The third-order valence-corrected chi connectivity index (χ3v) is 6.47. The van der Waals surface area contributed by atoms with E-state index < -0.39 is 5.97 Å². The smallest absolute Gasteiger partial charge is 0.335 e. The second-order valence-electron chi connectivity index (χ2n) is 8.70. The van der Waals surface area contributed by atoms with Crippen LogP contribution in [0.1, 0.15) is 32.7 Å². The Morgan fingerprint density at radius 2 is 1.75 bits per heavy atom. The van der Waals surface area contributed by atoms with Crippen molar-refractivity contribution in [3.05, 3.63) is 94.8 Å². The molecular formula is C27H27N3O2. The number of carbonyl (C=O) groups is 1. The molecule has 2 aromatic carbocycles. The van der Waals surface area contributed by atoms with Gasteiger partial charge in [0.1, 0.15) is 0 Å². The molecule has 2 aliphatic rings. The molecule has 0 radical (unpaired) electrons. The minimum absolute atomic E-state index is 0.303. The van der Waals surface area contributed by atoms with Crippen molar-refractivity contribution in [2.24, 2.45) is 0 Å². The van der Waals surface area contributed by atoms with Crippen molar-refractivity contribution >= 4 is 11.5 Å². The van der Waals surface area contributed by atoms with Gasteiger partial charge in [0.2, 0.25) is 0 Å². The molecule has 3 aromatic rings. The summed E-state index contributed by atoms with van der Waals surface area (Å²) in [7, 11) is 2.18. The maximum Gasteiger partial charge on any atom is 0.335 e. The number of likely N-dealkylation sites (N-methyl/N-ethyl adjacent to an activating group) is 1. The lowest BCUT2D eigenvalue weighted by Crippen LogP contribution is -2.43. The van der Waals surface area contributed by atoms with E-state index in [2.05, 4.69) is 53.3 Å². The third kappa shape index (κ3) is 4.22. The van der Waals surface area contributed by atoms with Gasteiger partial charge in [0.05, 0.1) is 11.3 Å². The number of allylic oxidation sites excluding steroid dienone is 1. The molecule has 0 bridgehead atoms. The van der Waals surface area contributed by atoms with E-state index in [0.717, 1.165) is 72.7 Å². The monoisotopic (exact) mass is 425 g/mol. The maximum absolute atomic E-state index is 11.4. The number of rotatable bonds is 5. The summed E-state index contributed by atoms with van der Waals surface area (Å²) in [6.45, 7) is 5.48. The van der Waals surface area contributed by atoms with E-state index >= 15 is 0 Å². The summed E-state index contributed by atoms with van der Waals surface area (Å²) < 4.78 is 0. The summed E-state index contributed by atoms with van der Waals surface area (Å²) in [4.78, 5) is 21.0. The van der Waals surface area contributed by atoms with E-state index in [9.17, 15) is 9.90 Å². The lowest BCUT2D eigenvalue weighted by Gasteiger charge is -2.32. The number of benzene rings is 2. The number of nitrogens with zero attached hydrogens (tertiary/aromatic N) is 3. The molecule has 32 heavy (non-hydrogen) atoms. The van der Waals surface area contributed by atoms with Gasteiger partial charge in [-0.2, -0.15) is 0 Å². The molecule has 1 aliphatic heterocycles. The van der Waals surface area contributed by atoms with Crippen LogP contribution in [0.25, 0.3) is 16.7 Å². The highest BCUT2D eigenvalue weighted by Gasteiger charge is 2.19. The molecule has 1 aromatic heterocycles. The number of piperazine rings is 1. The van der Waals surface area contributed by atoms with Gasteiger partial charge in [0, 0.05) is 56.5 Å². The second-order valence-corrected chi connectivity index (χ2v) is 8.70. The van der Waals surface area contributed by atoms with Crippen LogP contribution in [-0.4, -0.2) is 59.1 Å². The highest BCUT2D eigenvalue weighted by Crippen LogP contribution is 2.34. The first-order valence-electron chi connectivity index (χ1n) is 11.1. The molecule has 0 atom stereocenters. The lowest BCUT2D eigenvalue weighted by atomic mass is 9.96. The van der Waals surface area contributed by atoms with E-state index in [4.69, 9.17) is 4.98 Å². The highest BCUT2D eigenvalue weighted by molar-refractivity contribution is 5.91. The first-order chi connectivity index (χ1) is 15.6. The standard InChI is InChI=1S/C27H27N3O2/c1-29-11-13-30(14-12-29)18-19-5-7-20(8-6-19)23-16-25-24(9-10-26(25)28-17-23)21-3-2-4-22(15-21)27(31)32/h2-9,15-17H,10-14,18H2,1H3,(H,31,32). The molecule has 1 N–H and O–H groups in total. The molecule has 1 aliphatic carbocycles. The zero-order valence-corrected chi connectivity index (χ0v) is 18.3. The number of pyridine rings is 1. The zero-order valence-electron chi connectivity index (χ0n) is 18.3. The van der Waals surface area contributed by atoms with Gasteiger partial charge < -0.3 is 10.0 Å². The molecule has 0 amide bonds. The Balaban J connectivity index is 1.36. The minimum Gasteiger partial charge on any atom is -0.478 e. The summed E-state index contributed by atoms with van der Waals surface area (Å²) in [5.74, 6) is -0.908. The SMILES string of the molecule is CN1CCN(Cc2ccc(-c3cnc4c(c3)C(c3cccc(C(=O)O)c3)=CC4)cc2)CC1. The van der Waals surface area contributed by atoms with Crippen molar-refractivity contribution in [3.8, 4) is 11.1 Å². The summed E-state index contributed by atoms with van der Waals surface area (Å²) in [5.41, 5.74) is 7.97. The van der Waals surface area contributed by atoms with Crippen LogP contribution in [0.3, 0.4) is 0 Å². The summed E-state index contributed by atoms with van der Waals surface area (Å²) in [5, 5.41) is 9.34. The molecule has 1 saturated heterocycles. The molecule has 2 heterocycles. The van der Waals surface area contributed by atoms with Gasteiger partial charge in [0.25, 0.3) is 0 Å². The molecule has 0 spiro atoms. The molecule has 0 unspecified atom stereocenters. The number of aromatic nitrogens is 1. The predicted octanol–water partition coefficient (Wildman–Crippen LogP) is 4.18. The Morgan fingerprint density at radius 3 is 2.50 bits per heavy atom. The van der Waals surface area contributed by atoms with Crippen LogP contribution in [0.15, 0.2) is 66.9 Å². The van der Waals surface area contributed by atoms with E-state index in [1.807, 2.05) is 12.3 Å². The topological polar surface area (TPSA) is 56.7 Å². The number of carboxylic acid groups (broad SMARTS) is 1. The minimum atomic E-state index is -0.908. The van der Waals surface area contributed by atoms with Crippen LogP contribution >= 0.6 is 0 Å². The molecule has 162 valence electrons. The average Bonchev–Trinajstić information content (AvgIpc) is 3.24. The van der Waals surface area contributed by atoms with Crippen molar-refractivity contribution in [1.82, 2.24) is 14.8 Å². The van der Waals surface area contributed by atoms with Gasteiger partial charge >= 0.3 is 5.97 Å². The normalized spacial score (nSPS) is 16.6. The van der Waals surface area contributed by atoms with E-state index in [0.29, 0.717) is 5.56 Å². The first kappa shape index (κ1) is 20.6. The van der Waals surface area contributed by atoms with Crippen molar-refractivity contribution in [2.75, 3.05) is 33.2 Å². The molecule has 5 nitrogen and oxygen atoms in total. The quantitative estimate of drug-likeness (QED) is 0.665. The molecule has 5 rings (SSSR count). The van der Waals surface area contributed by atoms with Crippen molar-refractivity contribution in [1.29, 1.82) is 0 Å². The summed E-state index contributed by atoms with van der Waals surface area (Å²) >= 11 is 0. The predicted molar refractivity (Wildman–Crippen MR) is 127 cm³/mol. The third-order valence-electron chi connectivity index (χ3n) is 6.47. The second kappa shape index (κ2) is 8.69. The van der Waals surface area contributed by atoms with Gasteiger partial charge in [-0.1, -0.05) is 42.5 Å². The van der Waals surface area contributed by atoms with Crippen LogP contribution in [0, 0.1) is 0 Å². The zero-order chi connectivity index (χ0) is 22.1. The van der Waals surface area contributed by atoms with Gasteiger partial charge in [-0.3, -0.25) is 9.88 Å². The van der Waals surface area contributed by atoms with Gasteiger partial charge in [-0.05, 0) is 47.5 Å². The summed E-state index contributed by atoms with van der Waals surface area (Å²) in [6, 6.07) is 18.1. The van der Waals surface area contributed by atoms with Crippen LogP contribution in [0.4, 0.5) is 0 Å². The molecular weight excluding hydrogens is 398 g/mol. The fourth-order valence-electron chi connectivity index (χ4n) is 4.52. The van der Waals surface area contributed by atoms with E-state index in [-0.39, 0.29) is 0 Å². The Hall–Kier alpha value is -3.28. The Morgan fingerprint density at radius 1 is 0.969 bits per heavy atom. The maximum atomic E-state index is 11.4. The van der Waals surface area contributed by atoms with Gasteiger partial charge in [-0.15, -0.1) is 0 Å². The van der Waals surface area contributed by atoms with Crippen LogP contribution in [0.5, 0.6) is 0 Å². The van der Waals surface area contributed by atoms with Gasteiger partial charge in [0.15, 0.2) is 0 Å². The fourth-order valence-corrected chi connectivity index (χ4v) is 4.52. The summed E-state index contributed by atoms with van der Waals surface area (Å²) in [6.07, 6.45) is 4.85. The number of hydrogen-bond acceptors (Lipinski definition) is 4. The number of carboxylic acids is 1. The average molecular weight is 426 g/mol. The van der Waals surface area contributed by atoms with Crippen LogP contribution < -0.4 is 0 Å². The Labute approximate surface area is 188 Å². The molecule has 5 heteroatoms. The van der Waals surface area contributed by atoms with Crippen LogP contribution in [0.2, 0.25) is 0 Å². The largest absolute Gasteiger partial charge is 0.478 e. The van der Waals surface area contributed by atoms with Crippen LogP contribution in [-0.2, 0) is 13.0 Å². The van der Waals surface area contributed by atoms with Crippen molar-refractivity contribution < 1.29 is 9.90 Å². The number of aromatic carboxylic acids is 1. The molecule has 1 fully saturated rings. The number of hydrogen-bond donors (Lipinski definition) is 1. The Bertz CT molecular complexity index is 1180. The Kier molecular flexibility index (Phi) is 5.60. The highest BCUT2D eigenvalue weighted by atomic mass is 16.4. The van der Waals surface area contributed by atoms with Crippen molar-refractivity contribution in [2.45, 2.75) is 13.0 Å². The van der Waals surface area contributed by atoms with Crippen molar-refractivity contribution in [3.63, 3.8) is 0 Å². The van der Waals surface area contributed by atoms with E-state index in [1.54, 1.807) is 18.2 Å². The lowest BCUT2D eigenvalue weighted by molar-refractivity contribution is 0.0697. The van der Waals surface area contributed by atoms with E-state index in [1.165, 1.54) is 5.56 Å².